The minimum absolute atomic E-state index is 0.0849. The summed E-state index contributed by atoms with van der Waals surface area (Å²) in [6.45, 7) is 4.82. The van der Waals surface area contributed by atoms with Gasteiger partial charge in [0.15, 0.2) is 0 Å². The Morgan fingerprint density at radius 1 is 1.57 bits per heavy atom. The van der Waals surface area contributed by atoms with Crippen LogP contribution in [0.3, 0.4) is 0 Å². The van der Waals surface area contributed by atoms with Crippen LogP contribution in [-0.4, -0.2) is 23.8 Å². The number of nitrogens with zero attached hydrogens (tertiary/aromatic N) is 1. The molecule has 1 aromatic heterocycles. The van der Waals surface area contributed by atoms with Crippen LogP contribution in [0.25, 0.3) is 0 Å². The van der Waals surface area contributed by atoms with Gasteiger partial charge in [-0.1, -0.05) is 13.8 Å². The number of thiazole rings is 1. The summed E-state index contributed by atoms with van der Waals surface area (Å²) in [6, 6.07) is 0. The number of aliphatic hydroxyl groups excluding tert-OH is 1. The van der Waals surface area contributed by atoms with Crippen LogP contribution in [0, 0.1) is 5.41 Å². The van der Waals surface area contributed by atoms with Gasteiger partial charge in [0.2, 0.25) is 0 Å². The first-order valence-corrected chi connectivity index (χ1v) is 5.48. The van der Waals surface area contributed by atoms with E-state index in [1.807, 2.05) is 19.2 Å². The average molecular weight is 215 g/mol. The number of hydrogen-bond donors (Lipinski definition) is 1. The van der Waals surface area contributed by atoms with Crippen molar-refractivity contribution in [1.82, 2.24) is 4.98 Å². The highest BCUT2D eigenvalue weighted by Crippen LogP contribution is 2.22. The van der Waals surface area contributed by atoms with E-state index in [1.54, 1.807) is 18.4 Å². The van der Waals surface area contributed by atoms with E-state index in [0.29, 0.717) is 6.61 Å². The highest BCUT2D eigenvalue weighted by atomic mass is 32.1. The third kappa shape index (κ3) is 3.36. The normalized spacial score (nSPS) is 12.0. The molecule has 14 heavy (non-hydrogen) atoms. The standard InChI is InChI=1S/C10H17NO2S/c1-10(2,7-12)4-8-6-14-9(11-8)5-13-3/h6,12H,4-5,7H2,1-3H3. The molecule has 1 heterocycles. The first-order valence-electron chi connectivity index (χ1n) is 4.60. The quantitative estimate of drug-likeness (QED) is 0.815. The Morgan fingerprint density at radius 2 is 2.29 bits per heavy atom. The third-order valence-electron chi connectivity index (χ3n) is 1.95. The fourth-order valence-electron chi connectivity index (χ4n) is 1.17. The summed E-state index contributed by atoms with van der Waals surface area (Å²) < 4.78 is 5.00. The Bertz CT molecular complexity index is 283. The Morgan fingerprint density at radius 3 is 2.86 bits per heavy atom. The molecule has 80 valence electrons. The molecule has 1 aromatic rings. The highest BCUT2D eigenvalue weighted by Gasteiger charge is 2.18. The van der Waals surface area contributed by atoms with Crippen molar-refractivity contribution in [3.8, 4) is 0 Å². The van der Waals surface area contributed by atoms with Gasteiger partial charge in [0.25, 0.3) is 0 Å². The Kier molecular flexibility index (Phi) is 4.04. The molecule has 0 atom stereocenters. The number of hydrogen-bond acceptors (Lipinski definition) is 4. The number of aliphatic hydroxyl groups is 1. The lowest BCUT2D eigenvalue weighted by Gasteiger charge is -2.19. The zero-order valence-corrected chi connectivity index (χ0v) is 9.73. The molecule has 4 heteroatoms. The van der Waals surface area contributed by atoms with E-state index in [4.69, 9.17) is 9.84 Å². The van der Waals surface area contributed by atoms with Crippen molar-refractivity contribution in [3.63, 3.8) is 0 Å². The Balaban J connectivity index is 2.59. The maximum absolute atomic E-state index is 9.12. The molecule has 0 radical (unpaired) electrons. The lowest BCUT2D eigenvalue weighted by molar-refractivity contribution is 0.158. The summed E-state index contributed by atoms with van der Waals surface area (Å²) in [4.78, 5) is 4.42. The molecular weight excluding hydrogens is 198 g/mol. The molecule has 1 rings (SSSR count). The van der Waals surface area contributed by atoms with Gasteiger partial charge in [0.05, 0.1) is 12.3 Å². The summed E-state index contributed by atoms with van der Waals surface area (Å²) in [5.41, 5.74) is 0.958. The molecular formula is C10H17NO2S. The molecule has 0 amide bonds. The van der Waals surface area contributed by atoms with E-state index < -0.39 is 0 Å². The monoisotopic (exact) mass is 215 g/mol. The maximum atomic E-state index is 9.12. The predicted molar refractivity (Wildman–Crippen MR) is 57.4 cm³/mol. The number of methoxy groups -OCH3 is 1. The van der Waals surface area contributed by atoms with E-state index in [-0.39, 0.29) is 12.0 Å². The van der Waals surface area contributed by atoms with Crippen LogP contribution in [0.4, 0.5) is 0 Å². The summed E-state index contributed by atoms with van der Waals surface area (Å²) in [6.07, 6.45) is 0.809. The molecule has 0 saturated heterocycles. The molecule has 0 unspecified atom stereocenters. The van der Waals surface area contributed by atoms with Crippen molar-refractivity contribution in [1.29, 1.82) is 0 Å². The van der Waals surface area contributed by atoms with Crippen molar-refractivity contribution in [2.24, 2.45) is 5.41 Å². The molecule has 0 aromatic carbocycles. The second-order valence-corrected chi connectivity index (χ2v) is 5.11. The van der Waals surface area contributed by atoms with Gasteiger partial charge in [-0.3, -0.25) is 0 Å². The van der Waals surface area contributed by atoms with Gasteiger partial charge >= 0.3 is 0 Å². The van der Waals surface area contributed by atoms with Crippen molar-refractivity contribution >= 4 is 11.3 Å². The van der Waals surface area contributed by atoms with E-state index in [0.717, 1.165) is 17.1 Å². The van der Waals surface area contributed by atoms with Gasteiger partial charge in [-0.05, 0) is 11.8 Å². The first kappa shape index (κ1) is 11.6. The lowest BCUT2D eigenvalue weighted by Crippen LogP contribution is -2.19. The average Bonchev–Trinajstić information content (AvgIpc) is 2.53. The van der Waals surface area contributed by atoms with Crippen LogP contribution in [0.15, 0.2) is 5.38 Å². The fraction of sp³-hybridized carbons (Fsp3) is 0.700. The van der Waals surface area contributed by atoms with Gasteiger partial charge in [0, 0.05) is 19.1 Å². The van der Waals surface area contributed by atoms with Crippen molar-refractivity contribution in [2.45, 2.75) is 26.9 Å². The second-order valence-electron chi connectivity index (χ2n) is 4.16. The fourth-order valence-corrected chi connectivity index (χ4v) is 1.93. The van der Waals surface area contributed by atoms with E-state index in [9.17, 15) is 0 Å². The van der Waals surface area contributed by atoms with E-state index >= 15 is 0 Å². The first-order chi connectivity index (χ1) is 6.57. The zero-order chi connectivity index (χ0) is 10.6. The molecule has 0 bridgehead atoms. The summed E-state index contributed by atoms with van der Waals surface area (Å²) >= 11 is 1.61. The van der Waals surface area contributed by atoms with Gasteiger partial charge < -0.3 is 9.84 Å². The highest BCUT2D eigenvalue weighted by molar-refractivity contribution is 7.09. The number of ether oxygens (including phenoxy) is 1. The lowest BCUT2D eigenvalue weighted by atomic mass is 9.89. The molecule has 0 aliphatic heterocycles. The van der Waals surface area contributed by atoms with Gasteiger partial charge in [-0.2, -0.15) is 0 Å². The smallest absolute Gasteiger partial charge is 0.119 e. The molecule has 0 aliphatic rings. The largest absolute Gasteiger partial charge is 0.396 e. The topological polar surface area (TPSA) is 42.4 Å². The molecule has 1 N–H and O–H groups in total. The van der Waals surface area contributed by atoms with Crippen LogP contribution in [0.5, 0.6) is 0 Å². The molecule has 3 nitrogen and oxygen atoms in total. The minimum atomic E-state index is -0.0849. The van der Waals surface area contributed by atoms with Gasteiger partial charge in [-0.15, -0.1) is 11.3 Å². The molecule has 0 saturated carbocycles. The number of rotatable bonds is 5. The zero-order valence-electron chi connectivity index (χ0n) is 8.91. The van der Waals surface area contributed by atoms with Crippen LogP contribution < -0.4 is 0 Å². The Labute approximate surface area is 88.8 Å². The van der Waals surface area contributed by atoms with E-state index in [2.05, 4.69) is 4.98 Å². The number of aromatic nitrogens is 1. The van der Waals surface area contributed by atoms with Crippen LogP contribution >= 0.6 is 11.3 Å². The van der Waals surface area contributed by atoms with Crippen LogP contribution in [-0.2, 0) is 17.8 Å². The molecule has 0 spiro atoms. The minimum Gasteiger partial charge on any atom is -0.396 e. The molecule has 0 fully saturated rings. The summed E-state index contributed by atoms with van der Waals surface area (Å²) in [7, 11) is 1.67. The SMILES string of the molecule is COCc1nc(CC(C)(C)CO)cs1. The summed E-state index contributed by atoms with van der Waals surface area (Å²) in [5.74, 6) is 0. The van der Waals surface area contributed by atoms with Crippen molar-refractivity contribution in [2.75, 3.05) is 13.7 Å². The third-order valence-corrected chi connectivity index (χ3v) is 2.83. The van der Waals surface area contributed by atoms with Crippen LogP contribution in [0.2, 0.25) is 0 Å². The molecule has 0 aliphatic carbocycles. The van der Waals surface area contributed by atoms with E-state index in [1.165, 1.54) is 0 Å². The van der Waals surface area contributed by atoms with Crippen molar-refractivity contribution < 1.29 is 9.84 Å². The van der Waals surface area contributed by atoms with Gasteiger partial charge in [0.1, 0.15) is 5.01 Å². The predicted octanol–water partition coefficient (Wildman–Crippen LogP) is 1.85. The Hall–Kier alpha value is -0.450. The van der Waals surface area contributed by atoms with Crippen molar-refractivity contribution in [3.05, 3.63) is 16.1 Å². The summed E-state index contributed by atoms with van der Waals surface area (Å²) in [5, 5.41) is 12.1. The van der Waals surface area contributed by atoms with Crippen LogP contribution in [0.1, 0.15) is 24.5 Å². The van der Waals surface area contributed by atoms with Gasteiger partial charge in [-0.25, -0.2) is 4.98 Å². The maximum Gasteiger partial charge on any atom is 0.119 e. The second kappa shape index (κ2) is 4.87.